The number of benzene rings is 1. The van der Waals surface area contributed by atoms with Gasteiger partial charge in [0.25, 0.3) is 0 Å². The normalized spacial score (nSPS) is 13.2. The summed E-state index contributed by atoms with van der Waals surface area (Å²) in [6, 6.07) is 8.00. The maximum Gasteiger partial charge on any atom is 0.239 e. The van der Waals surface area contributed by atoms with E-state index in [1.165, 1.54) is 22.0 Å². The fourth-order valence-electron chi connectivity index (χ4n) is 2.17. The van der Waals surface area contributed by atoms with E-state index >= 15 is 0 Å². The molecule has 1 atom stereocenters. The lowest BCUT2D eigenvalue weighted by Crippen LogP contribution is -2.13. The Morgan fingerprint density at radius 1 is 1.16 bits per heavy atom. The van der Waals surface area contributed by atoms with Gasteiger partial charge in [0.1, 0.15) is 0 Å². The van der Waals surface area contributed by atoms with Gasteiger partial charge >= 0.3 is 0 Å². The van der Waals surface area contributed by atoms with Crippen LogP contribution in [0.3, 0.4) is 0 Å². The topological polar surface area (TPSA) is 95.6 Å². The third kappa shape index (κ3) is 3.68. The first-order valence-electron chi connectivity index (χ1n) is 8.04. The van der Waals surface area contributed by atoms with Crippen molar-refractivity contribution >= 4 is 11.8 Å². The van der Waals surface area contributed by atoms with Crippen molar-refractivity contribution < 1.29 is 4.52 Å². The Balaban J connectivity index is 1.79. The van der Waals surface area contributed by atoms with Crippen LogP contribution in [0.15, 0.2) is 33.9 Å². The summed E-state index contributed by atoms with van der Waals surface area (Å²) in [7, 11) is 0. The summed E-state index contributed by atoms with van der Waals surface area (Å²) in [4.78, 5) is 4.49. The van der Waals surface area contributed by atoms with Crippen LogP contribution in [0.1, 0.15) is 50.2 Å². The van der Waals surface area contributed by atoms with Crippen LogP contribution < -0.4 is 5.84 Å². The SMILES string of the molecule is Cc1ccc(-c2nnc(SC(C)c3nc(C(C)(C)C)no3)n2N)cc1. The quantitative estimate of drug-likeness (QED) is 0.563. The highest BCUT2D eigenvalue weighted by Crippen LogP contribution is 2.34. The number of nitrogens with two attached hydrogens (primary N) is 1. The monoisotopic (exact) mass is 358 g/mol. The second-order valence-electron chi connectivity index (χ2n) is 7.01. The Morgan fingerprint density at radius 2 is 1.84 bits per heavy atom. The van der Waals surface area contributed by atoms with Crippen molar-refractivity contribution in [1.29, 1.82) is 0 Å². The first-order chi connectivity index (χ1) is 11.8. The smallest absolute Gasteiger partial charge is 0.239 e. The predicted molar refractivity (Wildman–Crippen MR) is 97.6 cm³/mol. The lowest BCUT2D eigenvalue weighted by atomic mass is 9.96. The van der Waals surface area contributed by atoms with Gasteiger partial charge in [-0.3, -0.25) is 0 Å². The molecule has 1 aromatic carbocycles. The fourth-order valence-corrected chi connectivity index (χ4v) is 2.97. The predicted octanol–water partition coefficient (Wildman–Crippen LogP) is 3.50. The van der Waals surface area contributed by atoms with Crippen LogP contribution in [0.2, 0.25) is 0 Å². The van der Waals surface area contributed by atoms with E-state index < -0.39 is 0 Å². The largest absolute Gasteiger partial charge is 0.338 e. The minimum Gasteiger partial charge on any atom is -0.338 e. The molecule has 2 heterocycles. The van der Waals surface area contributed by atoms with Gasteiger partial charge in [0, 0.05) is 11.0 Å². The van der Waals surface area contributed by atoms with Crippen molar-refractivity contribution in [2.24, 2.45) is 0 Å². The maximum atomic E-state index is 6.18. The van der Waals surface area contributed by atoms with Gasteiger partial charge in [-0.25, -0.2) is 4.68 Å². The summed E-state index contributed by atoms with van der Waals surface area (Å²) in [5, 5.41) is 13.0. The van der Waals surface area contributed by atoms with E-state index in [4.69, 9.17) is 10.4 Å². The second kappa shape index (κ2) is 6.51. The maximum absolute atomic E-state index is 6.18. The standard InChI is InChI=1S/C17H22N6OS/c1-10-6-8-12(9-7-10)13-20-21-16(23(13)18)25-11(2)14-19-15(22-24-14)17(3,4)5/h6-9,11H,18H2,1-5H3. The summed E-state index contributed by atoms with van der Waals surface area (Å²) in [6.45, 7) is 10.2. The molecule has 0 saturated carbocycles. The highest BCUT2D eigenvalue weighted by atomic mass is 32.2. The molecule has 2 aromatic heterocycles. The molecule has 7 nitrogen and oxygen atoms in total. The van der Waals surface area contributed by atoms with Gasteiger partial charge in [-0.2, -0.15) is 4.98 Å². The van der Waals surface area contributed by atoms with Crippen LogP contribution in [-0.4, -0.2) is 25.0 Å². The number of nitrogen functional groups attached to an aromatic ring is 1. The molecule has 25 heavy (non-hydrogen) atoms. The molecule has 132 valence electrons. The van der Waals surface area contributed by atoms with Crippen molar-refractivity contribution in [3.8, 4) is 11.4 Å². The average molecular weight is 358 g/mol. The van der Waals surface area contributed by atoms with Crippen molar-refractivity contribution in [3.05, 3.63) is 41.5 Å². The average Bonchev–Trinajstić information content (AvgIpc) is 3.16. The Labute approximate surface area is 151 Å². The van der Waals surface area contributed by atoms with E-state index in [9.17, 15) is 0 Å². The van der Waals surface area contributed by atoms with E-state index in [-0.39, 0.29) is 10.7 Å². The van der Waals surface area contributed by atoms with E-state index in [1.807, 2.05) is 58.9 Å². The summed E-state index contributed by atoms with van der Waals surface area (Å²) < 4.78 is 6.88. The Kier molecular flexibility index (Phi) is 4.55. The first kappa shape index (κ1) is 17.5. The molecule has 0 bridgehead atoms. The van der Waals surface area contributed by atoms with Crippen LogP contribution >= 0.6 is 11.8 Å². The molecule has 0 saturated heterocycles. The van der Waals surface area contributed by atoms with Gasteiger partial charge in [0.05, 0.1) is 5.25 Å². The Bertz CT molecular complexity index is 862. The van der Waals surface area contributed by atoms with Crippen molar-refractivity contribution in [2.75, 3.05) is 5.84 Å². The van der Waals surface area contributed by atoms with Crippen LogP contribution in [0.5, 0.6) is 0 Å². The minimum atomic E-state index is -0.154. The first-order valence-corrected chi connectivity index (χ1v) is 8.92. The molecular weight excluding hydrogens is 336 g/mol. The van der Waals surface area contributed by atoms with Gasteiger partial charge in [-0.15, -0.1) is 10.2 Å². The molecule has 0 aliphatic heterocycles. The molecule has 8 heteroatoms. The molecule has 0 spiro atoms. The number of nitrogens with zero attached hydrogens (tertiary/aromatic N) is 5. The van der Waals surface area contributed by atoms with Crippen molar-refractivity contribution in [1.82, 2.24) is 25.0 Å². The van der Waals surface area contributed by atoms with E-state index in [0.717, 1.165) is 5.56 Å². The third-order valence-electron chi connectivity index (χ3n) is 3.72. The van der Waals surface area contributed by atoms with Gasteiger partial charge in [0.2, 0.25) is 11.0 Å². The lowest BCUT2D eigenvalue weighted by Gasteiger charge is -2.11. The summed E-state index contributed by atoms with van der Waals surface area (Å²) in [5.74, 6) is 8.03. The highest BCUT2D eigenvalue weighted by molar-refractivity contribution is 7.99. The van der Waals surface area contributed by atoms with Gasteiger partial charge in [-0.05, 0) is 13.8 Å². The number of aryl methyl sites for hydroxylation is 1. The summed E-state index contributed by atoms with van der Waals surface area (Å²) >= 11 is 1.43. The van der Waals surface area contributed by atoms with Gasteiger partial charge in [0.15, 0.2) is 11.6 Å². The second-order valence-corrected chi connectivity index (χ2v) is 8.32. The molecule has 2 N–H and O–H groups in total. The number of aromatic nitrogens is 5. The zero-order valence-electron chi connectivity index (χ0n) is 15.0. The highest BCUT2D eigenvalue weighted by Gasteiger charge is 2.25. The molecule has 3 rings (SSSR count). The molecule has 0 fully saturated rings. The van der Waals surface area contributed by atoms with Crippen molar-refractivity contribution in [2.45, 2.75) is 50.4 Å². The van der Waals surface area contributed by atoms with Crippen LogP contribution in [0, 0.1) is 6.92 Å². The van der Waals surface area contributed by atoms with Crippen LogP contribution in [0.4, 0.5) is 0 Å². The molecule has 3 aromatic rings. The lowest BCUT2D eigenvalue weighted by molar-refractivity contribution is 0.364. The number of rotatable bonds is 4. The zero-order chi connectivity index (χ0) is 18.2. The third-order valence-corrected chi connectivity index (χ3v) is 4.76. The number of hydrogen-bond donors (Lipinski definition) is 1. The van der Waals surface area contributed by atoms with Crippen LogP contribution in [0.25, 0.3) is 11.4 Å². The summed E-state index contributed by atoms with van der Waals surface area (Å²) in [6.07, 6.45) is 0. The molecule has 0 aliphatic carbocycles. The molecular formula is C17H22N6OS. The van der Waals surface area contributed by atoms with E-state index in [1.54, 1.807) is 0 Å². The summed E-state index contributed by atoms with van der Waals surface area (Å²) in [5.41, 5.74) is 1.95. The Morgan fingerprint density at radius 3 is 2.44 bits per heavy atom. The fraction of sp³-hybridized carbons (Fsp3) is 0.412. The van der Waals surface area contributed by atoms with Gasteiger partial charge < -0.3 is 10.4 Å². The van der Waals surface area contributed by atoms with Crippen molar-refractivity contribution in [3.63, 3.8) is 0 Å². The minimum absolute atomic E-state index is 0.0824. The van der Waals surface area contributed by atoms with E-state index in [0.29, 0.717) is 22.7 Å². The Hall–Kier alpha value is -2.35. The zero-order valence-corrected chi connectivity index (χ0v) is 15.8. The van der Waals surface area contributed by atoms with E-state index in [2.05, 4.69) is 20.3 Å². The van der Waals surface area contributed by atoms with Crippen LogP contribution in [-0.2, 0) is 5.41 Å². The molecule has 0 aliphatic rings. The molecule has 1 unspecified atom stereocenters. The molecule has 0 amide bonds. The number of thioether (sulfide) groups is 1. The van der Waals surface area contributed by atoms with Gasteiger partial charge in [-0.1, -0.05) is 67.5 Å². The number of hydrogen-bond acceptors (Lipinski definition) is 7. The molecule has 0 radical (unpaired) electrons.